The second-order valence-electron chi connectivity index (χ2n) is 5.23. The monoisotopic (exact) mass is 344 g/mol. The number of hydrogen-bond acceptors (Lipinski definition) is 6. The van der Waals surface area contributed by atoms with E-state index < -0.39 is 0 Å². The molecule has 0 unspecified atom stereocenters. The van der Waals surface area contributed by atoms with E-state index in [4.69, 9.17) is 9.47 Å². The van der Waals surface area contributed by atoms with Gasteiger partial charge in [-0.05, 0) is 50.2 Å². The average Bonchev–Trinajstić information content (AvgIpc) is 2.67. The number of rotatable bonds is 9. The Morgan fingerprint density at radius 1 is 1.04 bits per heavy atom. The first-order chi connectivity index (χ1) is 12.2. The van der Waals surface area contributed by atoms with Crippen molar-refractivity contribution in [2.45, 2.75) is 13.8 Å². The quantitative estimate of drug-likeness (QED) is 0.703. The minimum atomic E-state index is -0.267. The van der Waals surface area contributed by atoms with Gasteiger partial charge in [0.25, 0.3) is 5.91 Å². The predicted octanol–water partition coefficient (Wildman–Crippen LogP) is 2.14. The van der Waals surface area contributed by atoms with Gasteiger partial charge < -0.3 is 19.7 Å². The van der Waals surface area contributed by atoms with Gasteiger partial charge in [0.1, 0.15) is 18.1 Å². The van der Waals surface area contributed by atoms with Crippen molar-refractivity contribution in [3.63, 3.8) is 0 Å². The number of nitrogens with one attached hydrogen (secondary N) is 1. The van der Waals surface area contributed by atoms with Gasteiger partial charge in [-0.3, -0.25) is 4.79 Å². The number of carbonyl (C=O) groups is 1. The van der Waals surface area contributed by atoms with Crippen LogP contribution >= 0.6 is 0 Å². The minimum Gasteiger partial charge on any atom is -0.497 e. The molecule has 25 heavy (non-hydrogen) atoms. The smallest absolute Gasteiger partial charge is 0.271 e. The third-order valence-corrected chi connectivity index (χ3v) is 3.69. The molecule has 0 saturated carbocycles. The summed E-state index contributed by atoms with van der Waals surface area (Å²) in [5.41, 5.74) is 0.292. The molecule has 1 aromatic carbocycles. The fourth-order valence-corrected chi connectivity index (χ4v) is 2.26. The second-order valence-corrected chi connectivity index (χ2v) is 5.23. The lowest BCUT2D eigenvalue weighted by Crippen LogP contribution is -2.29. The highest BCUT2D eigenvalue weighted by Gasteiger charge is 2.09. The van der Waals surface area contributed by atoms with E-state index >= 15 is 0 Å². The number of amides is 1. The van der Waals surface area contributed by atoms with E-state index in [9.17, 15) is 4.79 Å². The first-order valence-corrected chi connectivity index (χ1v) is 8.31. The van der Waals surface area contributed by atoms with Crippen molar-refractivity contribution in [2.75, 3.05) is 38.3 Å². The maximum absolute atomic E-state index is 12.1. The molecule has 0 aliphatic rings. The Balaban J connectivity index is 1.77. The lowest BCUT2D eigenvalue weighted by Gasteiger charge is -2.18. The van der Waals surface area contributed by atoms with Gasteiger partial charge in [-0.1, -0.05) is 0 Å². The Labute approximate surface area is 148 Å². The SMILES string of the molecule is CCN(CC)c1ccc(C(=O)NCCOc2ccc(OC)cc2)nn1. The number of benzene rings is 1. The molecule has 1 N–H and O–H groups in total. The summed E-state index contributed by atoms with van der Waals surface area (Å²) in [5.74, 6) is 1.99. The Hall–Kier alpha value is -2.83. The molecule has 7 heteroatoms. The van der Waals surface area contributed by atoms with E-state index in [1.165, 1.54) is 0 Å². The third-order valence-electron chi connectivity index (χ3n) is 3.69. The van der Waals surface area contributed by atoms with E-state index in [0.29, 0.717) is 18.8 Å². The molecule has 0 fully saturated rings. The van der Waals surface area contributed by atoms with Crippen LogP contribution in [0.5, 0.6) is 11.5 Å². The maximum Gasteiger partial charge on any atom is 0.271 e. The van der Waals surface area contributed by atoms with Crippen molar-refractivity contribution in [3.8, 4) is 11.5 Å². The zero-order valence-corrected chi connectivity index (χ0v) is 14.9. The van der Waals surface area contributed by atoms with E-state index in [1.807, 2.05) is 30.3 Å². The fourth-order valence-electron chi connectivity index (χ4n) is 2.26. The van der Waals surface area contributed by atoms with Crippen LogP contribution in [-0.4, -0.2) is 49.5 Å². The van der Waals surface area contributed by atoms with Crippen LogP contribution in [-0.2, 0) is 0 Å². The van der Waals surface area contributed by atoms with Crippen LogP contribution in [0.25, 0.3) is 0 Å². The van der Waals surface area contributed by atoms with Gasteiger partial charge in [-0.25, -0.2) is 0 Å². The van der Waals surface area contributed by atoms with Crippen LogP contribution in [0, 0.1) is 0 Å². The fraction of sp³-hybridized carbons (Fsp3) is 0.389. The Morgan fingerprint density at radius 3 is 2.28 bits per heavy atom. The van der Waals surface area contributed by atoms with Crippen molar-refractivity contribution in [1.82, 2.24) is 15.5 Å². The van der Waals surface area contributed by atoms with Crippen LogP contribution < -0.4 is 19.7 Å². The Kier molecular flexibility index (Phi) is 7.00. The third kappa shape index (κ3) is 5.34. The molecule has 2 aromatic rings. The lowest BCUT2D eigenvalue weighted by molar-refractivity contribution is 0.0941. The number of methoxy groups -OCH3 is 1. The van der Waals surface area contributed by atoms with Crippen molar-refractivity contribution < 1.29 is 14.3 Å². The summed E-state index contributed by atoms with van der Waals surface area (Å²) in [6.07, 6.45) is 0. The molecule has 134 valence electrons. The van der Waals surface area contributed by atoms with Crippen LogP contribution in [0.3, 0.4) is 0 Å². The van der Waals surface area contributed by atoms with Gasteiger partial charge >= 0.3 is 0 Å². The summed E-state index contributed by atoms with van der Waals surface area (Å²) in [7, 11) is 1.61. The molecule has 1 aromatic heterocycles. The van der Waals surface area contributed by atoms with E-state index in [-0.39, 0.29) is 5.91 Å². The first kappa shape index (κ1) is 18.5. The number of aromatic nitrogens is 2. The van der Waals surface area contributed by atoms with E-state index in [2.05, 4.69) is 34.3 Å². The van der Waals surface area contributed by atoms with E-state index in [1.54, 1.807) is 13.2 Å². The molecule has 0 saturated heterocycles. The largest absolute Gasteiger partial charge is 0.497 e. The maximum atomic E-state index is 12.1. The van der Waals surface area contributed by atoms with Gasteiger partial charge in [0, 0.05) is 13.1 Å². The normalized spacial score (nSPS) is 10.2. The van der Waals surface area contributed by atoms with Gasteiger partial charge in [-0.15, -0.1) is 10.2 Å². The first-order valence-electron chi connectivity index (χ1n) is 8.31. The van der Waals surface area contributed by atoms with Crippen molar-refractivity contribution in [1.29, 1.82) is 0 Å². The standard InChI is InChI=1S/C18H24N4O3/c1-4-22(5-2)17-11-10-16(20-21-17)18(23)19-12-13-25-15-8-6-14(24-3)7-9-15/h6-11H,4-5,12-13H2,1-3H3,(H,19,23). The molecule has 0 bridgehead atoms. The lowest BCUT2D eigenvalue weighted by atomic mass is 10.3. The number of nitrogens with zero attached hydrogens (tertiary/aromatic N) is 3. The van der Waals surface area contributed by atoms with Crippen LogP contribution in [0.1, 0.15) is 24.3 Å². The van der Waals surface area contributed by atoms with Crippen molar-refractivity contribution in [2.24, 2.45) is 0 Å². The number of carbonyl (C=O) groups excluding carboxylic acids is 1. The van der Waals surface area contributed by atoms with Gasteiger partial charge in [0.15, 0.2) is 11.5 Å². The molecule has 0 aliphatic carbocycles. The van der Waals surface area contributed by atoms with Crippen molar-refractivity contribution in [3.05, 3.63) is 42.1 Å². The Bertz CT molecular complexity index is 655. The average molecular weight is 344 g/mol. The molecular weight excluding hydrogens is 320 g/mol. The number of ether oxygens (including phenoxy) is 2. The number of hydrogen-bond donors (Lipinski definition) is 1. The van der Waals surface area contributed by atoms with Crippen LogP contribution in [0.4, 0.5) is 5.82 Å². The predicted molar refractivity (Wildman–Crippen MR) is 96.4 cm³/mol. The molecule has 1 amide bonds. The summed E-state index contributed by atoms with van der Waals surface area (Å²) < 4.78 is 10.6. The topological polar surface area (TPSA) is 76.6 Å². The molecule has 0 aliphatic heterocycles. The minimum absolute atomic E-state index is 0.267. The molecule has 0 atom stereocenters. The van der Waals surface area contributed by atoms with Crippen molar-refractivity contribution >= 4 is 11.7 Å². The molecule has 2 rings (SSSR count). The summed E-state index contributed by atoms with van der Waals surface area (Å²) in [4.78, 5) is 14.1. The molecule has 0 spiro atoms. The zero-order valence-electron chi connectivity index (χ0n) is 14.9. The highest BCUT2D eigenvalue weighted by atomic mass is 16.5. The van der Waals surface area contributed by atoms with Gasteiger partial charge in [0.05, 0.1) is 13.7 Å². The van der Waals surface area contributed by atoms with E-state index in [0.717, 1.165) is 30.4 Å². The van der Waals surface area contributed by atoms with Crippen LogP contribution in [0.2, 0.25) is 0 Å². The highest BCUT2D eigenvalue weighted by Crippen LogP contribution is 2.16. The van der Waals surface area contributed by atoms with Crippen LogP contribution in [0.15, 0.2) is 36.4 Å². The zero-order chi connectivity index (χ0) is 18.1. The summed E-state index contributed by atoms with van der Waals surface area (Å²) >= 11 is 0. The summed E-state index contributed by atoms with van der Waals surface area (Å²) in [6, 6.07) is 10.8. The molecule has 1 heterocycles. The highest BCUT2D eigenvalue weighted by molar-refractivity contribution is 5.92. The Morgan fingerprint density at radius 2 is 1.72 bits per heavy atom. The second kappa shape index (κ2) is 9.46. The number of anilines is 1. The molecular formula is C18H24N4O3. The summed E-state index contributed by atoms with van der Waals surface area (Å²) in [6.45, 7) is 6.54. The van der Waals surface area contributed by atoms with Gasteiger partial charge in [-0.2, -0.15) is 0 Å². The van der Waals surface area contributed by atoms with Gasteiger partial charge in [0.2, 0.25) is 0 Å². The summed E-state index contributed by atoms with van der Waals surface area (Å²) in [5, 5.41) is 10.9. The molecule has 7 nitrogen and oxygen atoms in total. The molecule has 0 radical (unpaired) electrons.